The van der Waals surface area contributed by atoms with Crippen LogP contribution in [-0.4, -0.2) is 21.3 Å². The molecule has 0 fully saturated rings. The Balaban J connectivity index is 3.03. The second-order valence-corrected chi connectivity index (χ2v) is 2.98. The standard InChI is InChI=1S/C8H6ClFN2O2/c9-4-1-5(10)7(12-3-4)8(14)6(13)2-11/h1,3,6,8,13-14H. The van der Waals surface area contributed by atoms with E-state index in [-0.39, 0.29) is 5.02 Å². The van der Waals surface area contributed by atoms with Crippen LogP contribution in [0.15, 0.2) is 12.3 Å². The maximum atomic E-state index is 13.1. The highest BCUT2D eigenvalue weighted by Crippen LogP contribution is 2.20. The quantitative estimate of drug-likeness (QED) is 0.717. The molecule has 0 saturated carbocycles. The molecule has 0 spiro atoms. The van der Waals surface area contributed by atoms with Crippen molar-refractivity contribution in [1.29, 1.82) is 5.26 Å². The van der Waals surface area contributed by atoms with Gasteiger partial charge in [0.1, 0.15) is 17.6 Å². The number of nitriles is 1. The van der Waals surface area contributed by atoms with Gasteiger partial charge in [0.25, 0.3) is 0 Å². The lowest BCUT2D eigenvalue weighted by atomic mass is 10.1. The molecule has 74 valence electrons. The van der Waals surface area contributed by atoms with Crippen LogP contribution in [0.4, 0.5) is 4.39 Å². The topological polar surface area (TPSA) is 77.1 Å². The van der Waals surface area contributed by atoms with Gasteiger partial charge in [-0.1, -0.05) is 11.6 Å². The highest BCUT2D eigenvalue weighted by atomic mass is 35.5. The van der Waals surface area contributed by atoms with Gasteiger partial charge in [-0.05, 0) is 6.07 Å². The van der Waals surface area contributed by atoms with E-state index >= 15 is 0 Å². The maximum Gasteiger partial charge on any atom is 0.172 e. The van der Waals surface area contributed by atoms with Crippen molar-refractivity contribution in [1.82, 2.24) is 4.98 Å². The van der Waals surface area contributed by atoms with E-state index < -0.39 is 23.7 Å². The van der Waals surface area contributed by atoms with E-state index in [9.17, 15) is 9.50 Å². The van der Waals surface area contributed by atoms with Crippen LogP contribution >= 0.6 is 11.6 Å². The molecule has 1 heterocycles. The number of aliphatic hydroxyl groups excluding tert-OH is 2. The number of hydrogen-bond acceptors (Lipinski definition) is 4. The number of aliphatic hydroxyl groups is 2. The zero-order valence-corrected chi connectivity index (χ0v) is 7.61. The molecule has 4 nitrogen and oxygen atoms in total. The summed E-state index contributed by atoms with van der Waals surface area (Å²) in [5, 5.41) is 26.5. The minimum absolute atomic E-state index is 0.0740. The van der Waals surface area contributed by atoms with Crippen molar-refractivity contribution in [2.75, 3.05) is 0 Å². The smallest absolute Gasteiger partial charge is 0.172 e. The van der Waals surface area contributed by atoms with Crippen LogP contribution < -0.4 is 0 Å². The van der Waals surface area contributed by atoms with Crippen molar-refractivity contribution in [3.05, 3.63) is 28.8 Å². The number of halogens is 2. The third kappa shape index (κ3) is 2.17. The summed E-state index contributed by atoms with van der Waals surface area (Å²) in [6.45, 7) is 0. The molecule has 0 aliphatic carbocycles. The summed E-state index contributed by atoms with van der Waals surface area (Å²) in [4.78, 5) is 3.48. The molecule has 0 saturated heterocycles. The van der Waals surface area contributed by atoms with Crippen LogP contribution in [0.25, 0.3) is 0 Å². The first kappa shape index (κ1) is 10.9. The van der Waals surface area contributed by atoms with Gasteiger partial charge >= 0.3 is 0 Å². The third-order valence-electron chi connectivity index (χ3n) is 1.55. The van der Waals surface area contributed by atoms with Gasteiger partial charge in [0.05, 0.1) is 11.1 Å². The van der Waals surface area contributed by atoms with Crippen LogP contribution in [0.5, 0.6) is 0 Å². The molecule has 2 atom stereocenters. The van der Waals surface area contributed by atoms with E-state index in [4.69, 9.17) is 22.0 Å². The normalized spacial score (nSPS) is 14.5. The van der Waals surface area contributed by atoms with E-state index in [2.05, 4.69) is 4.98 Å². The molecule has 0 bridgehead atoms. The molecule has 1 rings (SSSR count). The third-order valence-corrected chi connectivity index (χ3v) is 1.75. The molecule has 6 heteroatoms. The van der Waals surface area contributed by atoms with Gasteiger partial charge in [-0.3, -0.25) is 4.98 Å². The van der Waals surface area contributed by atoms with Gasteiger partial charge in [-0.25, -0.2) is 4.39 Å². The Hall–Kier alpha value is -1.22. The number of hydrogen-bond donors (Lipinski definition) is 2. The zero-order valence-electron chi connectivity index (χ0n) is 6.85. The lowest BCUT2D eigenvalue weighted by Crippen LogP contribution is -2.18. The summed E-state index contributed by atoms with van der Waals surface area (Å²) in [5.41, 5.74) is -0.400. The van der Waals surface area contributed by atoms with Crippen LogP contribution in [0.3, 0.4) is 0 Å². The van der Waals surface area contributed by atoms with Gasteiger partial charge in [0.2, 0.25) is 0 Å². The van der Waals surface area contributed by atoms with Crippen molar-refractivity contribution in [3.8, 4) is 6.07 Å². The van der Waals surface area contributed by atoms with E-state index in [1.165, 1.54) is 6.07 Å². The monoisotopic (exact) mass is 216 g/mol. The highest BCUT2D eigenvalue weighted by Gasteiger charge is 2.22. The number of nitrogens with zero attached hydrogens (tertiary/aromatic N) is 2. The fourth-order valence-corrected chi connectivity index (χ4v) is 1.01. The largest absolute Gasteiger partial charge is 0.383 e. The van der Waals surface area contributed by atoms with Gasteiger partial charge in [-0.2, -0.15) is 5.26 Å². The van der Waals surface area contributed by atoms with Crippen LogP contribution in [0.2, 0.25) is 5.02 Å². The van der Waals surface area contributed by atoms with Crippen molar-refractivity contribution in [2.24, 2.45) is 0 Å². The van der Waals surface area contributed by atoms with Crippen LogP contribution in [0.1, 0.15) is 11.8 Å². The van der Waals surface area contributed by atoms with Crippen molar-refractivity contribution < 1.29 is 14.6 Å². The number of aromatic nitrogens is 1. The predicted octanol–water partition coefficient (Wildman–Crippen LogP) is 0.792. The molecule has 0 aliphatic rings. The highest BCUT2D eigenvalue weighted by molar-refractivity contribution is 6.30. The lowest BCUT2D eigenvalue weighted by Gasteiger charge is -2.11. The molecular formula is C8H6ClFN2O2. The van der Waals surface area contributed by atoms with Gasteiger partial charge in [-0.15, -0.1) is 0 Å². The maximum absolute atomic E-state index is 13.1. The Morgan fingerprint density at radius 3 is 2.71 bits per heavy atom. The summed E-state index contributed by atoms with van der Waals surface area (Å²) >= 11 is 5.42. The molecule has 0 aromatic carbocycles. The van der Waals surface area contributed by atoms with Gasteiger partial charge in [0.15, 0.2) is 6.10 Å². The Morgan fingerprint density at radius 2 is 2.21 bits per heavy atom. The molecule has 0 radical (unpaired) electrons. The SMILES string of the molecule is N#CC(O)C(O)c1ncc(Cl)cc1F. The first-order chi connectivity index (χ1) is 6.56. The molecule has 0 aliphatic heterocycles. The number of rotatable bonds is 2. The zero-order chi connectivity index (χ0) is 10.7. The predicted molar refractivity (Wildman–Crippen MR) is 45.8 cm³/mol. The van der Waals surface area contributed by atoms with Crippen LogP contribution in [0, 0.1) is 17.1 Å². The second kappa shape index (κ2) is 4.33. The van der Waals surface area contributed by atoms with Crippen molar-refractivity contribution in [3.63, 3.8) is 0 Å². The van der Waals surface area contributed by atoms with Crippen LogP contribution in [-0.2, 0) is 0 Å². The van der Waals surface area contributed by atoms with Gasteiger partial charge in [0, 0.05) is 6.20 Å². The summed E-state index contributed by atoms with van der Waals surface area (Å²) in [6, 6.07) is 2.31. The van der Waals surface area contributed by atoms with E-state index in [1.54, 1.807) is 0 Å². The number of pyridine rings is 1. The first-order valence-corrected chi connectivity index (χ1v) is 4.00. The molecule has 0 amide bonds. The Labute approximate surface area is 84.2 Å². The second-order valence-electron chi connectivity index (χ2n) is 2.54. The summed E-state index contributed by atoms with van der Waals surface area (Å²) in [7, 11) is 0. The average molecular weight is 217 g/mol. The summed E-state index contributed by atoms with van der Waals surface area (Å²) < 4.78 is 13.1. The van der Waals surface area contributed by atoms with E-state index in [0.29, 0.717) is 0 Å². The minimum Gasteiger partial charge on any atom is -0.383 e. The minimum atomic E-state index is -1.71. The fourth-order valence-electron chi connectivity index (χ4n) is 0.863. The Morgan fingerprint density at radius 1 is 1.57 bits per heavy atom. The Kier molecular flexibility index (Phi) is 3.36. The van der Waals surface area contributed by atoms with E-state index in [0.717, 1.165) is 12.3 Å². The van der Waals surface area contributed by atoms with E-state index in [1.807, 2.05) is 0 Å². The molecule has 14 heavy (non-hydrogen) atoms. The van der Waals surface area contributed by atoms with Gasteiger partial charge < -0.3 is 10.2 Å². The molecular weight excluding hydrogens is 211 g/mol. The summed E-state index contributed by atoms with van der Waals surface area (Å²) in [6.07, 6.45) is -2.26. The fraction of sp³-hybridized carbons (Fsp3) is 0.250. The Bertz CT molecular complexity index is 380. The molecule has 2 unspecified atom stereocenters. The molecule has 1 aromatic heterocycles. The summed E-state index contributed by atoms with van der Waals surface area (Å²) in [5.74, 6) is -0.862. The van der Waals surface area contributed by atoms with Crippen molar-refractivity contribution >= 4 is 11.6 Å². The average Bonchev–Trinajstić information content (AvgIpc) is 2.15. The first-order valence-electron chi connectivity index (χ1n) is 3.63. The lowest BCUT2D eigenvalue weighted by molar-refractivity contribution is 0.0472. The van der Waals surface area contributed by atoms with Crippen molar-refractivity contribution in [2.45, 2.75) is 12.2 Å². The molecule has 1 aromatic rings. The molecule has 2 N–H and O–H groups in total.